The minimum atomic E-state index is 0.402. The number of carbonyl (C=O) groups is 1. The molecule has 0 amide bonds. The van der Waals surface area contributed by atoms with Gasteiger partial charge < -0.3 is 18.7 Å². The molecular formula is C13H14N2O4S. The zero-order valence-corrected chi connectivity index (χ0v) is 12.0. The Hall–Kier alpha value is -2.02. The van der Waals surface area contributed by atoms with Crippen LogP contribution >= 0.6 is 11.8 Å². The van der Waals surface area contributed by atoms with Gasteiger partial charge in [0.25, 0.3) is 5.22 Å². The predicted molar refractivity (Wildman–Crippen MR) is 74.2 cm³/mol. The lowest BCUT2D eigenvalue weighted by atomic mass is 10.2. The number of aldehydes is 1. The molecule has 0 aliphatic heterocycles. The molecule has 0 spiro atoms. The van der Waals surface area contributed by atoms with Crippen molar-refractivity contribution in [2.24, 2.45) is 0 Å². The van der Waals surface area contributed by atoms with E-state index < -0.39 is 0 Å². The fourth-order valence-corrected chi connectivity index (χ4v) is 2.17. The van der Waals surface area contributed by atoms with Crippen LogP contribution in [0.2, 0.25) is 0 Å². The van der Waals surface area contributed by atoms with Crippen LogP contribution in [0.25, 0.3) is 11.5 Å². The number of carbonyl (C=O) groups excluding carboxylic acids is 1. The number of ether oxygens (including phenoxy) is 2. The van der Waals surface area contributed by atoms with E-state index in [1.807, 2.05) is 6.07 Å². The second-order valence-electron chi connectivity index (χ2n) is 3.75. The molecule has 2 rings (SSSR count). The van der Waals surface area contributed by atoms with Crippen molar-refractivity contribution in [1.29, 1.82) is 0 Å². The molecule has 0 aliphatic carbocycles. The minimum Gasteiger partial charge on any atom is -0.493 e. The first-order chi connectivity index (χ1) is 9.78. The van der Waals surface area contributed by atoms with Crippen molar-refractivity contribution in [3.8, 4) is 23.0 Å². The van der Waals surface area contributed by atoms with Crippen LogP contribution < -0.4 is 9.47 Å². The van der Waals surface area contributed by atoms with Gasteiger partial charge in [-0.15, -0.1) is 10.2 Å². The summed E-state index contributed by atoms with van der Waals surface area (Å²) in [6.07, 6.45) is 1.32. The summed E-state index contributed by atoms with van der Waals surface area (Å²) in [5.74, 6) is 2.26. The Bertz CT molecular complexity index is 586. The first-order valence-electron chi connectivity index (χ1n) is 5.90. The van der Waals surface area contributed by atoms with Gasteiger partial charge in [-0.1, -0.05) is 11.8 Å². The Labute approximate surface area is 120 Å². The molecule has 1 heterocycles. The highest BCUT2D eigenvalue weighted by molar-refractivity contribution is 7.99. The number of aromatic nitrogens is 2. The SMILES string of the molecule is COc1ccc(-c2nnc(SCCC=O)o2)cc1OC. The molecule has 2 aromatic rings. The zero-order chi connectivity index (χ0) is 14.4. The molecule has 7 heteroatoms. The van der Waals surface area contributed by atoms with Crippen LogP contribution in [0.4, 0.5) is 0 Å². The van der Waals surface area contributed by atoms with E-state index in [0.29, 0.717) is 34.8 Å². The summed E-state index contributed by atoms with van der Waals surface area (Å²) in [7, 11) is 3.14. The van der Waals surface area contributed by atoms with Crippen LogP contribution in [-0.2, 0) is 4.79 Å². The summed E-state index contributed by atoms with van der Waals surface area (Å²) in [6.45, 7) is 0. The van der Waals surface area contributed by atoms with Gasteiger partial charge in [0.15, 0.2) is 11.5 Å². The Kier molecular flexibility index (Phi) is 5.00. The molecule has 0 saturated carbocycles. The van der Waals surface area contributed by atoms with Crippen molar-refractivity contribution in [3.63, 3.8) is 0 Å². The summed E-state index contributed by atoms with van der Waals surface area (Å²) >= 11 is 1.35. The molecule has 0 N–H and O–H groups in total. The highest BCUT2D eigenvalue weighted by Crippen LogP contribution is 2.32. The molecule has 0 saturated heterocycles. The molecule has 0 unspecified atom stereocenters. The van der Waals surface area contributed by atoms with E-state index in [2.05, 4.69) is 10.2 Å². The van der Waals surface area contributed by atoms with E-state index in [1.54, 1.807) is 26.4 Å². The Balaban J connectivity index is 2.17. The molecule has 6 nitrogen and oxygen atoms in total. The lowest BCUT2D eigenvalue weighted by Crippen LogP contribution is -1.90. The second kappa shape index (κ2) is 6.95. The summed E-state index contributed by atoms with van der Waals surface area (Å²) in [6, 6.07) is 5.36. The number of methoxy groups -OCH3 is 2. The summed E-state index contributed by atoms with van der Waals surface area (Å²) in [5.41, 5.74) is 0.748. The quantitative estimate of drug-likeness (QED) is 0.441. The Morgan fingerprint density at radius 1 is 1.25 bits per heavy atom. The van der Waals surface area contributed by atoms with Crippen LogP contribution in [-0.4, -0.2) is 36.5 Å². The van der Waals surface area contributed by atoms with Gasteiger partial charge in [0.05, 0.1) is 14.2 Å². The molecule has 0 aliphatic rings. The highest BCUT2D eigenvalue weighted by Gasteiger charge is 2.12. The van der Waals surface area contributed by atoms with Crippen LogP contribution in [0.5, 0.6) is 11.5 Å². The zero-order valence-electron chi connectivity index (χ0n) is 11.2. The number of rotatable bonds is 7. The van der Waals surface area contributed by atoms with Crippen LogP contribution in [0.15, 0.2) is 27.8 Å². The van der Waals surface area contributed by atoms with E-state index >= 15 is 0 Å². The Morgan fingerprint density at radius 3 is 2.75 bits per heavy atom. The average molecular weight is 294 g/mol. The largest absolute Gasteiger partial charge is 0.493 e. The van der Waals surface area contributed by atoms with E-state index in [1.165, 1.54) is 11.8 Å². The molecule has 0 radical (unpaired) electrons. The van der Waals surface area contributed by atoms with Crippen LogP contribution in [0.1, 0.15) is 6.42 Å². The third-order valence-electron chi connectivity index (χ3n) is 2.50. The van der Waals surface area contributed by atoms with Gasteiger partial charge in [-0.25, -0.2) is 0 Å². The third kappa shape index (κ3) is 3.30. The standard InChI is InChI=1S/C13H14N2O4S/c1-17-10-5-4-9(8-11(10)18-2)12-14-15-13(19-12)20-7-3-6-16/h4-6,8H,3,7H2,1-2H3. The summed E-state index contributed by atoms with van der Waals surface area (Å²) in [4.78, 5) is 10.2. The minimum absolute atomic E-state index is 0.402. The third-order valence-corrected chi connectivity index (χ3v) is 3.35. The van der Waals surface area contributed by atoms with Crippen LogP contribution in [0, 0.1) is 0 Å². The van der Waals surface area contributed by atoms with Crippen molar-refractivity contribution in [2.75, 3.05) is 20.0 Å². The van der Waals surface area contributed by atoms with E-state index in [4.69, 9.17) is 13.9 Å². The Morgan fingerprint density at radius 2 is 2.05 bits per heavy atom. The monoisotopic (exact) mass is 294 g/mol. The second-order valence-corrected chi connectivity index (χ2v) is 4.79. The summed E-state index contributed by atoms with van der Waals surface area (Å²) in [5, 5.41) is 8.34. The number of hydrogen-bond acceptors (Lipinski definition) is 7. The molecule has 1 aromatic heterocycles. The summed E-state index contributed by atoms with van der Waals surface area (Å²) < 4.78 is 15.9. The number of thioether (sulfide) groups is 1. The van der Waals surface area contributed by atoms with Crippen molar-refractivity contribution in [1.82, 2.24) is 10.2 Å². The van der Waals surface area contributed by atoms with Gasteiger partial charge >= 0.3 is 0 Å². The number of nitrogens with zero attached hydrogens (tertiary/aromatic N) is 2. The number of benzene rings is 1. The fourth-order valence-electron chi connectivity index (χ4n) is 1.55. The molecule has 20 heavy (non-hydrogen) atoms. The maximum absolute atomic E-state index is 10.2. The number of hydrogen-bond donors (Lipinski definition) is 0. The molecule has 106 valence electrons. The van der Waals surface area contributed by atoms with Crippen molar-refractivity contribution in [3.05, 3.63) is 18.2 Å². The molecule has 0 bridgehead atoms. The first-order valence-corrected chi connectivity index (χ1v) is 6.89. The normalized spacial score (nSPS) is 10.3. The van der Waals surface area contributed by atoms with Gasteiger partial charge in [0.1, 0.15) is 6.29 Å². The van der Waals surface area contributed by atoms with Crippen LogP contribution in [0.3, 0.4) is 0 Å². The molecule has 0 atom stereocenters. The van der Waals surface area contributed by atoms with Crippen molar-refractivity contribution >= 4 is 18.0 Å². The predicted octanol–water partition coefficient (Wildman–Crippen LogP) is 2.43. The van der Waals surface area contributed by atoms with Gasteiger partial charge in [-0.05, 0) is 18.2 Å². The van der Waals surface area contributed by atoms with E-state index in [0.717, 1.165) is 11.8 Å². The molecule has 1 aromatic carbocycles. The van der Waals surface area contributed by atoms with E-state index in [9.17, 15) is 4.79 Å². The topological polar surface area (TPSA) is 74.5 Å². The maximum atomic E-state index is 10.2. The highest BCUT2D eigenvalue weighted by atomic mass is 32.2. The molecular weight excluding hydrogens is 280 g/mol. The van der Waals surface area contributed by atoms with E-state index in [-0.39, 0.29) is 0 Å². The molecule has 0 fully saturated rings. The van der Waals surface area contributed by atoms with Gasteiger partial charge in [-0.2, -0.15) is 0 Å². The van der Waals surface area contributed by atoms with Crippen molar-refractivity contribution in [2.45, 2.75) is 11.6 Å². The maximum Gasteiger partial charge on any atom is 0.276 e. The first kappa shape index (κ1) is 14.4. The van der Waals surface area contributed by atoms with Crippen molar-refractivity contribution < 1.29 is 18.7 Å². The van der Waals surface area contributed by atoms with Gasteiger partial charge in [0.2, 0.25) is 5.89 Å². The smallest absolute Gasteiger partial charge is 0.276 e. The average Bonchev–Trinajstić information content (AvgIpc) is 2.95. The van der Waals surface area contributed by atoms with Gasteiger partial charge in [-0.3, -0.25) is 0 Å². The van der Waals surface area contributed by atoms with Gasteiger partial charge in [0, 0.05) is 17.7 Å². The lowest BCUT2D eigenvalue weighted by molar-refractivity contribution is -0.107. The lowest BCUT2D eigenvalue weighted by Gasteiger charge is -2.07. The fraction of sp³-hybridized carbons (Fsp3) is 0.308.